The number of thiazole rings is 1. The molecule has 0 aliphatic carbocycles. The lowest BCUT2D eigenvalue weighted by atomic mass is 9.81. The number of likely N-dealkylation sites (tertiary alicyclic amines) is 2. The van der Waals surface area contributed by atoms with Gasteiger partial charge in [-0.1, -0.05) is 6.92 Å². The van der Waals surface area contributed by atoms with Gasteiger partial charge in [0.15, 0.2) is 0 Å². The number of piperidine rings is 1. The number of hydrogen-bond donors (Lipinski definition) is 0. The number of aryl methyl sites for hydroxylation is 1. The zero-order chi connectivity index (χ0) is 16.6. The van der Waals surface area contributed by atoms with Crippen LogP contribution in [0.5, 0.6) is 0 Å². The molecule has 0 aromatic carbocycles. The first-order valence-corrected chi connectivity index (χ1v) is 9.21. The van der Waals surface area contributed by atoms with Crippen LogP contribution in [-0.2, 0) is 15.0 Å². The van der Waals surface area contributed by atoms with E-state index in [-0.39, 0.29) is 23.3 Å². The molecule has 2 aliphatic heterocycles. The van der Waals surface area contributed by atoms with Gasteiger partial charge in [0.05, 0.1) is 5.01 Å². The minimum absolute atomic E-state index is 0.0148. The Labute approximate surface area is 141 Å². The van der Waals surface area contributed by atoms with E-state index in [1.807, 2.05) is 11.1 Å². The monoisotopic (exact) mass is 335 g/mol. The van der Waals surface area contributed by atoms with E-state index in [0.717, 1.165) is 45.3 Å². The van der Waals surface area contributed by atoms with Gasteiger partial charge < -0.3 is 9.80 Å². The molecule has 6 heteroatoms. The van der Waals surface area contributed by atoms with E-state index in [1.54, 1.807) is 23.2 Å². The molecule has 0 unspecified atom stereocenters. The fourth-order valence-corrected chi connectivity index (χ4v) is 4.65. The quantitative estimate of drug-likeness (QED) is 0.833. The van der Waals surface area contributed by atoms with Gasteiger partial charge in [0.2, 0.25) is 11.8 Å². The van der Waals surface area contributed by atoms with Crippen molar-refractivity contribution >= 4 is 23.2 Å². The van der Waals surface area contributed by atoms with E-state index < -0.39 is 0 Å². The Balaban J connectivity index is 1.64. The maximum Gasteiger partial charge on any atom is 0.245 e. The van der Waals surface area contributed by atoms with Crippen LogP contribution in [0.3, 0.4) is 0 Å². The van der Waals surface area contributed by atoms with Crippen molar-refractivity contribution in [1.29, 1.82) is 0 Å². The minimum Gasteiger partial charge on any atom is -0.341 e. The molecule has 3 heterocycles. The highest BCUT2D eigenvalue weighted by molar-refractivity contribution is 7.11. The average Bonchev–Trinajstić information content (AvgIpc) is 3.16. The number of rotatable bonds is 2. The van der Waals surface area contributed by atoms with E-state index >= 15 is 0 Å². The molecule has 0 spiro atoms. The maximum atomic E-state index is 12.8. The summed E-state index contributed by atoms with van der Waals surface area (Å²) in [6, 6.07) is -0.237. The first-order valence-electron chi connectivity index (χ1n) is 8.40. The van der Waals surface area contributed by atoms with Gasteiger partial charge >= 0.3 is 0 Å². The first-order chi connectivity index (χ1) is 10.9. The lowest BCUT2D eigenvalue weighted by Gasteiger charge is -2.40. The lowest BCUT2D eigenvalue weighted by molar-refractivity contribution is -0.143. The second-order valence-corrected chi connectivity index (χ2v) is 8.27. The van der Waals surface area contributed by atoms with Gasteiger partial charge in [-0.2, -0.15) is 0 Å². The predicted octanol–water partition coefficient (Wildman–Crippen LogP) is 2.34. The molecule has 126 valence electrons. The summed E-state index contributed by atoms with van der Waals surface area (Å²) in [7, 11) is 0. The Hall–Kier alpha value is -1.43. The zero-order valence-corrected chi connectivity index (χ0v) is 15.0. The summed E-state index contributed by atoms with van der Waals surface area (Å²) in [5.74, 6) is 0.149. The third-order valence-corrected chi connectivity index (χ3v) is 6.48. The van der Waals surface area contributed by atoms with Gasteiger partial charge in [-0.25, -0.2) is 4.98 Å². The van der Waals surface area contributed by atoms with Crippen molar-refractivity contribution in [3.63, 3.8) is 0 Å². The van der Waals surface area contributed by atoms with Crippen molar-refractivity contribution in [2.75, 3.05) is 19.6 Å². The second kappa shape index (κ2) is 6.23. The highest BCUT2D eigenvalue weighted by atomic mass is 32.1. The summed E-state index contributed by atoms with van der Waals surface area (Å²) in [6.45, 7) is 8.13. The van der Waals surface area contributed by atoms with Gasteiger partial charge in [-0.3, -0.25) is 9.59 Å². The van der Waals surface area contributed by atoms with Crippen LogP contribution in [0, 0.1) is 6.92 Å². The molecule has 2 aliphatic rings. The van der Waals surface area contributed by atoms with Crippen molar-refractivity contribution in [1.82, 2.24) is 14.8 Å². The van der Waals surface area contributed by atoms with E-state index in [2.05, 4.69) is 18.8 Å². The maximum absolute atomic E-state index is 12.8. The van der Waals surface area contributed by atoms with E-state index in [0.29, 0.717) is 0 Å². The van der Waals surface area contributed by atoms with Crippen LogP contribution in [0.15, 0.2) is 6.20 Å². The summed E-state index contributed by atoms with van der Waals surface area (Å²) in [5, 5.41) is 1.19. The number of carbonyl (C=O) groups excluding carboxylic acids is 2. The number of hydrogen-bond acceptors (Lipinski definition) is 4. The number of aromatic nitrogens is 1. The fraction of sp³-hybridized carbons (Fsp3) is 0.706. The third kappa shape index (κ3) is 3.13. The zero-order valence-electron chi connectivity index (χ0n) is 14.2. The predicted molar refractivity (Wildman–Crippen MR) is 90.4 cm³/mol. The molecule has 0 bridgehead atoms. The topological polar surface area (TPSA) is 53.5 Å². The van der Waals surface area contributed by atoms with Crippen molar-refractivity contribution in [2.45, 2.75) is 57.9 Å². The molecule has 0 N–H and O–H groups in total. The van der Waals surface area contributed by atoms with Crippen LogP contribution >= 0.6 is 11.3 Å². The van der Waals surface area contributed by atoms with E-state index in [1.165, 1.54) is 9.88 Å². The Morgan fingerprint density at radius 1 is 1.30 bits per heavy atom. The Bertz CT molecular complexity index is 605. The third-order valence-electron chi connectivity index (χ3n) is 5.26. The molecule has 1 aromatic rings. The van der Waals surface area contributed by atoms with Crippen LogP contribution < -0.4 is 0 Å². The van der Waals surface area contributed by atoms with Crippen LogP contribution in [-0.4, -0.2) is 52.3 Å². The summed E-state index contributed by atoms with van der Waals surface area (Å²) >= 11 is 1.76. The van der Waals surface area contributed by atoms with Crippen LogP contribution in [0.4, 0.5) is 0 Å². The molecular weight excluding hydrogens is 310 g/mol. The number of amides is 2. The van der Waals surface area contributed by atoms with E-state index in [9.17, 15) is 9.59 Å². The molecule has 3 rings (SSSR count). The van der Waals surface area contributed by atoms with Crippen LogP contribution in [0.1, 0.15) is 49.4 Å². The second-order valence-electron chi connectivity index (χ2n) is 7.03. The SMILES string of the molecule is CC(=O)N1CCC[C@H]1C(=O)N1CCC(C)(c2ncc(C)s2)CC1. The summed E-state index contributed by atoms with van der Waals surface area (Å²) < 4.78 is 0. The molecule has 1 aromatic heterocycles. The Morgan fingerprint density at radius 2 is 2.00 bits per heavy atom. The normalized spacial score (nSPS) is 24.0. The molecule has 23 heavy (non-hydrogen) atoms. The van der Waals surface area contributed by atoms with Gasteiger partial charge in [0.1, 0.15) is 6.04 Å². The standard InChI is InChI=1S/C17H25N3O2S/c1-12-11-18-16(23-12)17(3)6-9-19(10-7-17)15(22)14-5-4-8-20(14)13(2)21/h11,14H,4-10H2,1-3H3/t14-/m0/s1. The highest BCUT2D eigenvalue weighted by Crippen LogP contribution is 2.37. The van der Waals surface area contributed by atoms with Gasteiger partial charge in [0, 0.05) is 43.0 Å². The molecule has 0 saturated carbocycles. The van der Waals surface area contributed by atoms with Crippen molar-refractivity contribution in [2.24, 2.45) is 0 Å². The summed E-state index contributed by atoms with van der Waals surface area (Å²) in [4.78, 5) is 34.0. The van der Waals surface area contributed by atoms with Gasteiger partial charge in [-0.15, -0.1) is 11.3 Å². The Morgan fingerprint density at radius 3 is 2.57 bits per heavy atom. The van der Waals surface area contributed by atoms with Crippen molar-refractivity contribution in [3.8, 4) is 0 Å². The molecular formula is C17H25N3O2S. The smallest absolute Gasteiger partial charge is 0.245 e. The van der Waals surface area contributed by atoms with Crippen LogP contribution in [0.25, 0.3) is 0 Å². The molecule has 2 fully saturated rings. The Kier molecular flexibility index (Phi) is 4.45. The van der Waals surface area contributed by atoms with E-state index in [4.69, 9.17) is 0 Å². The van der Waals surface area contributed by atoms with Gasteiger partial charge in [-0.05, 0) is 32.6 Å². The highest BCUT2D eigenvalue weighted by Gasteiger charge is 2.40. The molecule has 2 amide bonds. The fourth-order valence-electron chi connectivity index (χ4n) is 3.68. The van der Waals surface area contributed by atoms with Crippen molar-refractivity contribution < 1.29 is 9.59 Å². The molecule has 2 saturated heterocycles. The van der Waals surface area contributed by atoms with Crippen LogP contribution in [0.2, 0.25) is 0 Å². The minimum atomic E-state index is -0.237. The lowest BCUT2D eigenvalue weighted by Crippen LogP contribution is -2.51. The molecule has 0 radical (unpaired) electrons. The summed E-state index contributed by atoms with van der Waals surface area (Å²) in [6.07, 6.45) is 5.56. The van der Waals surface area contributed by atoms with Gasteiger partial charge in [0.25, 0.3) is 0 Å². The first kappa shape index (κ1) is 16.4. The van der Waals surface area contributed by atoms with Crippen molar-refractivity contribution in [3.05, 3.63) is 16.1 Å². The largest absolute Gasteiger partial charge is 0.341 e. The summed E-state index contributed by atoms with van der Waals surface area (Å²) in [5.41, 5.74) is 0.0750. The number of nitrogens with zero attached hydrogens (tertiary/aromatic N) is 3. The molecule has 5 nitrogen and oxygen atoms in total. The average molecular weight is 335 g/mol. The molecule has 1 atom stereocenters. The number of carbonyl (C=O) groups is 2.